The first kappa shape index (κ1) is 31.3. The van der Waals surface area contributed by atoms with Gasteiger partial charge in [0.15, 0.2) is 6.10 Å². The Labute approximate surface area is 252 Å². The number of ether oxygens (including phenoxy) is 2. The lowest BCUT2D eigenvalue weighted by Gasteiger charge is -2.40. The van der Waals surface area contributed by atoms with Crippen molar-refractivity contribution in [2.24, 2.45) is 5.41 Å². The minimum absolute atomic E-state index is 0. The van der Waals surface area contributed by atoms with E-state index in [0.717, 1.165) is 54.3 Å². The molecule has 1 saturated heterocycles. The number of piperidine rings is 1. The van der Waals surface area contributed by atoms with Gasteiger partial charge in [-0.25, -0.2) is 9.78 Å². The molecular weight excluding hydrogens is 528 g/mol. The van der Waals surface area contributed by atoms with Crippen LogP contribution in [0, 0.1) is 26.2 Å². The van der Waals surface area contributed by atoms with Crippen LogP contribution in [0.2, 0.25) is 0 Å². The van der Waals surface area contributed by atoms with Crippen LogP contribution in [0.25, 0.3) is 11.1 Å². The van der Waals surface area contributed by atoms with Crippen molar-refractivity contribution in [3.63, 3.8) is 0 Å². The average Bonchev–Trinajstić information content (AvgIpc) is 2.92. The molecule has 8 nitrogen and oxygen atoms in total. The Hall–Kier alpha value is -3.65. The molecule has 1 atom stereocenters. The molecular formula is C34H48N4O4. The summed E-state index contributed by atoms with van der Waals surface area (Å²) in [6, 6.07) is 10.1. The van der Waals surface area contributed by atoms with E-state index in [4.69, 9.17) is 9.47 Å². The molecule has 0 radical (unpaired) electrons. The molecule has 1 aliphatic rings. The number of carbonyl (C=O) groups is 1. The second-order valence-corrected chi connectivity index (χ2v) is 13.1. The van der Waals surface area contributed by atoms with Crippen molar-refractivity contribution in [3.8, 4) is 16.9 Å². The number of anilines is 2. The molecule has 2 aromatic heterocycles. The van der Waals surface area contributed by atoms with Crippen molar-refractivity contribution in [1.82, 2.24) is 9.97 Å². The van der Waals surface area contributed by atoms with E-state index in [2.05, 4.69) is 60.0 Å². The lowest BCUT2D eigenvalue weighted by atomic mass is 9.82. The number of aliphatic carboxylic acids is 1. The quantitative estimate of drug-likeness (QED) is 0.242. The average molecular weight is 577 g/mol. The second kappa shape index (κ2) is 12.7. The van der Waals surface area contributed by atoms with E-state index in [1.165, 1.54) is 11.1 Å². The van der Waals surface area contributed by atoms with Crippen molar-refractivity contribution in [2.45, 2.75) is 79.9 Å². The minimum Gasteiger partial charge on any atom is -0.492 e. The summed E-state index contributed by atoms with van der Waals surface area (Å²) in [5.74, 6) is 0.573. The van der Waals surface area contributed by atoms with Crippen LogP contribution >= 0.6 is 0 Å². The summed E-state index contributed by atoms with van der Waals surface area (Å²) in [7, 11) is 0. The number of hydrogen-bond donors (Lipinski definition) is 2. The summed E-state index contributed by atoms with van der Waals surface area (Å²) >= 11 is 0. The Kier molecular flexibility index (Phi) is 9.46. The highest BCUT2D eigenvalue weighted by molar-refractivity contribution is 5.86. The molecule has 0 aliphatic carbocycles. The standard InChI is InChI=1S/C34H46N4O4.H2/c1-22-9-11-26(19-23(22)2)41-18-15-35-28-12-10-25(20-37-28)27-21-36-24(3)29(31(32(39)40)42-33(4,5)6)30(27)38-16-13-34(7,8)14-17-38;/h9-12,19-21,31H,13-18H2,1-8H3,(H,35,37)(H,39,40);1H/t31-;/m0./s1. The third kappa shape index (κ3) is 7.79. The molecule has 228 valence electrons. The first-order valence-electron chi connectivity index (χ1n) is 14.8. The third-order valence-electron chi connectivity index (χ3n) is 7.91. The molecule has 1 aromatic carbocycles. The smallest absolute Gasteiger partial charge is 0.337 e. The largest absolute Gasteiger partial charge is 0.492 e. The molecule has 0 bridgehead atoms. The van der Waals surface area contributed by atoms with E-state index in [0.29, 0.717) is 24.4 Å². The zero-order valence-electron chi connectivity index (χ0n) is 26.4. The van der Waals surface area contributed by atoms with Crippen LogP contribution in [-0.2, 0) is 9.53 Å². The third-order valence-corrected chi connectivity index (χ3v) is 7.91. The maximum atomic E-state index is 12.6. The Bertz CT molecular complexity index is 1390. The monoisotopic (exact) mass is 576 g/mol. The topological polar surface area (TPSA) is 96.8 Å². The van der Waals surface area contributed by atoms with E-state index in [9.17, 15) is 9.90 Å². The number of aromatic nitrogens is 2. The molecule has 0 unspecified atom stereocenters. The highest BCUT2D eigenvalue weighted by atomic mass is 16.5. The molecule has 3 aromatic rings. The van der Waals surface area contributed by atoms with Gasteiger partial charge < -0.3 is 24.8 Å². The zero-order chi connectivity index (χ0) is 30.7. The second-order valence-electron chi connectivity index (χ2n) is 13.1. The highest BCUT2D eigenvalue weighted by Gasteiger charge is 2.35. The van der Waals surface area contributed by atoms with E-state index < -0.39 is 17.7 Å². The predicted octanol–water partition coefficient (Wildman–Crippen LogP) is 7.37. The Morgan fingerprint density at radius 2 is 1.79 bits per heavy atom. The number of carboxylic acids is 1. The van der Waals surface area contributed by atoms with Gasteiger partial charge in [0.2, 0.25) is 0 Å². The summed E-state index contributed by atoms with van der Waals surface area (Å²) in [5, 5.41) is 13.6. The summed E-state index contributed by atoms with van der Waals surface area (Å²) in [6.45, 7) is 19.0. The maximum absolute atomic E-state index is 12.6. The van der Waals surface area contributed by atoms with Gasteiger partial charge in [-0.05, 0) is 95.2 Å². The van der Waals surface area contributed by atoms with Gasteiger partial charge in [0.05, 0.1) is 17.8 Å². The number of nitrogens with one attached hydrogen (secondary N) is 1. The van der Waals surface area contributed by atoms with Gasteiger partial charge in [0.1, 0.15) is 18.2 Å². The molecule has 42 heavy (non-hydrogen) atoms. The molecule has 3 heterocycles. The molecule has 1 aliphatic heterocycles. The van der Waals surface area contributed by atoms with Crippen molar-refractivity contribution in [3.05, 3.63) is 65.1 Å². The van der Waals surface area contributed by atoms with E-state index in [-0.39, 0.29) is 6.84 Å². The number of nitrogens with zero attached hydrogens (tertiary/aromatic N) is 3. The Balaban J connectivity index is 0.00000506. The van der Waals surface area contributed by atoms with Crippen LogP contribution in [-0.4, -0.2) is 52.9 Å². The Morgan fingerprint density at radius 1 is 1.07 bits per heavy atom. The number of aryl methyl sites for hydroxylation is 3. The summed E-state index contributed by atoms with van der Waals surface area (Å²) in [6.07, 6.45) is 4.53. The molecule has 4 rings (SSSR count). The normalized spacial score (nSPS) is 15.8. The lowest BCUT2D eigenvalue weighted by Crippen LogP contribution is -2.39. The maximum Gasteiger partial charge on any atom is 0.337 e. The Morgan fingerprint density at radius 3 is 2.38 bits per heavy atom. The minimum atomic E-state index is -1.14. The fourth-order valence-corrected chi connectivity index (χ4v) is 5.21. The first-order valence-corrected chi connectivity index (χ1v) is 14.8. The van der Waals surface area contributed by atoms with Gasteiger partial charge in [0, 0.05) is 49.3 Å². The number of carboxylic acid groups (broad SMARTS) is 1. The van der Waals surface area contributed by atoms with Crippen LogP contribution < -0.4 is 15.0 Å². The van der Waals surface area contributed by atoms with Gasteiger partial charge in [-0.2, -0.15) is 0 Å². The van der Waals surface area contributed by atoms with Crippen molar-refractivity contribution < 1.29 is 20.8 Å². The van der Waals surface area contributed by atoms with E-state index >= 15 is 0 Å². The fourth-order valence-electron chi connectivity index (χ4n) is 5.21. The van der Waals surface area contributed by atoms with E-state index in [1.54, 1.807) is 0 Å². The van der Waals surface area contributed by atoms with Gasteiger partial charge in [-0.1, -0.05) is 19.9 Å². The molecule has 0 amide bonds. The predicted molar refractivity (Wildman–Crippen MR) is 171 cm³/mol. The van der Waals surface area contributed by atoms with Crippen LogP contribution in [0.4, 0.5) is 11.5 Å². The van der Waals surface area contributed by atoms with Gasteiger partial charge in [-0.3, -0.25) is 4.98 Å². The number of rotatable bonds is 10. The first-order chi connectivity index (χ1) is 19.7. The van der Waals surface area contributed by atoms with Crippen molar-refractivity contribution >= 4 is 17.5 Å². The van der Waals surface area contributed by atoms with E-state index in [1.807, 2.05) is 58.3 Å². The number of benzene rings is 1. The molecule has 1 fully saturated rings. The van der Waals surface area contributed by atoms with Gasteiger partial charge in [0.25, 0.3) is 0 Å². The summed E-state index contributed by atoms with van der Waals surface area (Å²) in [4.78, 5) is 24.2. The number of hydrogen-bond acceptors (Lipinski definition) is 7. The molecule has 8 heteroatoms. The summed E-state index contributed by atoms with van der Waals surface area (Å²) in [5.41, 5.74) is 5.92. The number of pyridine rings is 2. The molecule has 2 N–H and O–H groups in total. The van der Waals surface area contributed by atoms with Crippen LogP contribution in [0.15, 0.2) is 42.7 Å². The lowest BCUT2D eigenvalue weighted by molar-refractivity contribution is -0.160. The van der Waals surface area contributed by atoms with Gasteiger partial charge >= 0.3 is 5.97 Å². The summed E-state index contributed by atoms with van der Waals surface area (Å²) < 4.78 is 12.0. The van der Waals surface area contributed by atoms with Crippen LogP contribution in [0.1, 0.15) is 77.4 Å². The van der Waals surface area contributed by atoms with Crippen molar-refractivity contribution in [1.29, 1.82) is 0 Å². The fraction of sp³-hybridized carbons (Fsp3) is 0.500. The van der Waals surface area contributed by atoms with Crippen LogP contribution in [0.3, 0.4) is 0 Å². The van der Waals surface area contributed by atoms with Crippen LogP contribution in [0.5, 0.6) is 5.75 Å². The SMILES string of the molecule is Cc1ccc(OCCNc2ccc(-c3cnc(C)c([C@H](OC(C)(C)C)C(=O)O)c3N3CCC(C)(C)CC3)cn2)cc1C.[HH]. The molecule has 0 saturated carbocycles. The highest BCUT2D eigenvalue weighted by Crippen LogP contribution is 2.43. The molecule has 0 spiro atoms. The van der Waals surface area contributed by atoms with Crippen molar-refractivity contribution in [2.75, 3.05) is 36.5 Å². The van der Waals surface area contributed by atoms with Gasteiger partial charge in [-0.15, -0.1) is 0 Å². The zero-order valence-corrected chi connectivity index (χ0v) is 26.4.